The summed E-state index contributed by atoms with van der Waals surface area (Å²) in [5.41, 5.74) is 0.778. The topological polar surface area (TPSA) is 102 Å². The fraction of sp³-hybridized carbons (Fsp3) is 0.143. The number of nitrogens with one attached hydrogen (secondary N) is 1. The van der Waals surface area contributed by atoms with Crippen molar-refractivity contribution in [2.45, 2.75) is 0 Å². The Morgan fingerprint density at radius 2 is 1.88 bits per heavy atom. The molecular formula is C21H15Br2FN2O6S. The molecule has 1 saturated heterocycles. The highest BCUT2D eigenvalue weighted by molar-refractivity contribution is 9.11. The molecule has 1 N–H and O–H groups in total. The summed E-state index contributed by atoms with van der Waals surface area (Å²) in [4.78, 5) is 49.4. The largest absolute Gasteiger partial charge is 0.480 e. The van der Waals surface area contributed by atoms with Gasteiger partial charge in [0.25, 0.3) is 11.1 Å². The first-order chi connectivity index (χ1) is 15.7. The zero-order valence-corrected chi connectivity index (χ0v) is 20.9. The molecule has 8 nitrogen and oxygen atoms in total. The van der Waals surface area contributed by atoms with E-state index in [9.17, 15) is 23.6 Å². The van der Waals surface area contributed by atoms with Gasteiger partial charge < -0.3 is 14.8 Å². The number of imide groups is 1. The third-order valence-electron chi connectivity index (χ3n) is 4.16. The maximum absolute atomic E-state index is 13.3. The molecule has 2 aromatic carbocycles. The van der Waals surface area contributed by atoms with Gasteiger partial charge in [0.1, 0.15) is 18.1 Å². The van der Waals surface area contributed by atoms with E-state index in [0.29, 0.717) is 32.0 Å². The summed E-state index contributed by atoms with van der Waals surface area (Å²) in [5.74, 6) is -1.98. The van der Waals surface area contributed by atoms with Crippen LogP contribution in [0.5, 0.6) is 5.75 Å². The quantitative estimate of drug-likeness (QED) is 0.366. The zero-order valence-electron chi connectivity index (χ0n) is 16.9. The van der Waals surface area contributed by atoms with E-state index in [0.717, 1.165) is 11.0 Å². The Kier molecular flexibility index (Phi) is 8.27. The Bertz CT molecular complexity index is 1150. The molecule has 0 unspecified atom stereocenters. The van der Waals surface area contributed by atoms with E-state index in [1.807, 2.05) is 0 Å². The lowest BCUT2D eigenvalue weighted by Gasteiger charge is -2.12. The lowest BCUT2D eigenvalue weighted by molar-refractivity contribution is -0.143. The SMILES string of the molecule is COC(=O)COc1c(Br)cc(/C=C2/SC(=O)N(CC(=O)Nc3cccc(F)c3)C2=O)cc1Br. The molecule has 0 bridgehead atoms. The van der Waals surface area contributed by atoms with E-state index in [1.54, 1.807) is 12.1 Å². The van der Waals surface area contributed by atoms with Crippen LogP contribution in [0, 0.1) is 5.82 Å². The number of rotatable bonds is 7. The van der Waals surface area contributed by atoms with Crippen molar-refractivity contribution in [3.63, 3.8) is 0 Å². The first-order valence-electron chi connectivity index (χ1n) is 9.17. The van der Waals surface area contributed by atoms with Gasteiger partial charge in [0.15, 0.2) is 6.61 Å². The van der Waals surface area contributed by atoms with Crippen molar-refractivity contribution in [2.75, 3.05) is 25.6 Å². The maximum atomic E-state index is 13.3. The van der Waals surface area contributed by atoms with E-state index in [4.69, 9.17) is 4.74 Å². The van der Waals surface area contributed by atoms with Crippen LogP contribution in [-0.4, -0.2) is 48.2 Å². The Morgan fingerprint density at radius 3 is 2.52 bits per heavy atom. The Hall–Kier alpha value is -2.70. The molecule has 0 radical (unpaired) electrons. The number of carbonyl (C=O) groups excluding carboxylic acids is 4. The molecule has 2 aromatic rings. The summed E-state index contributed by atoms with van der Waals surface area (Å²) >= 11 is 7.38. The molecule has 1 aliphatic heterocycles. The van der Waals surface area contributed by atoms with E-state index in [-0.39, 0.29) is 17.2 Å². The van der Waals surface area contributed by atoms with Crippen LogP contribution in [0.15, 0.2) is 50.2 Å². The number of esters is 1. The molecule has 33 heavy (non-hydrogen) atoms. The van der Waals surface area contributed by atoms with Gasteiger partial charge in [-0.3, -0.25) is 19.3 Å². The Morgan fingerprint density at radius 1 is 1.18 bits per heavy atom. The fourth-order valence-corrected chi connectivity index (χ4v) is 4.98. The molecule has 12 heteroatoms. The second-order valence-corrected chi connectivity index (χ2v) is 9.21. The molecule has 0 atom stereocenters. The number of amides is 3. The molecular weight excluding hydrogens is 587 g/mol. The van der Waals surface area contributed by atoms with Crippen molar-refractivity contribution in [3.8, 4) is 5.75 Å². The highest BCUT2D eigenvalue weighted by atomic mass is 79.9. The van der Waals surface area contributed by atoms with Crippen LogP contribution in [0.1, 0.15) is 5.56 Å². The molecule has 0 spiro atoms. The molecule has 172 valence electrons. The van der Waals surface area contributed by atoms with Crippen molar-refractivity contribution in [1.29, 1.82) is 0 Å². The maximum Gasteiger partial charge on any atom is 0.343 e. The van der Waals surface area contributed by atoms with Crippen LogP contribution in [0.3, 0.4) is 0 Å². The van der Waals surface area contributed by atoms with E-state index in [1.165, 1.54) is 31.4 Å². The number of ether oxygens (including phenoxy) is 2. The van der Waals surface area contributed by atoms with Crippen molar-refractivity contribution >= 4 is 78.4 Å². The summed E-state index contributed by atoms with van der Waals surface area (Å²) in [6.45, 7) is -0.796. The number of thioether (sulfide) groups is 1. The minimum atomic E-state index is -0.637. The van der Waals surface area contributed by atoms with Gasteiger partial charge in [-0.15, -0.1) is 0 Å². The smallest absolute Gasteiger partial charge is 0.343 e. The van der Waals surface area contributed by atoms with Crippen molar-refractivity contribution in [1.82, 2.24) is 4.90 Å². The van der Waals surface area contributed by atoms with Gasteiger partial charge >= 0.3 is 5.97 Å². The summed E-state index contributed by atoms with van der Waals surface area (Å²) in [6, 6.07) is 8.55. The van der Waals surface area contributed by atoms with Gasteiger partial charge in [-0.1, -0.05) is 6.07 Å². The lowest BCUT2D eigenvalue weighted by Crippen LogP contribution is -2.36. The molecule has 1 heterocycles. The van der Waals surface area contributed by atoms with Crippen LogP contribution in [0.25, 0.3) is 6.08 Å². The normalized spacial score (nSPS) is 14.5. The third-order valence-corrected chi connectivity index (χ3v) is 6.25. The lowest BCUT2D eigenvalue weighted by atomic mass is 10.2. The number of nitrogens with zero attached hydrogens (tertiary/aromatic N) is 1. The second kappa shape index (κ2) is 10.9. The highest BCUT2D eigenvalue weighted by Crippen LogP contribution is 2.37. The molecule has 0 aromatic heterocycles. The average molecular weight is 602 g/mol. The van der Waals surface area contributed by atoms with E-state index < -0.39 is 35.4 Å². The van der Waals surface area contributed by atoms with Gasteiger partial charge in [-0.05, 0) is 85.6 Å². The molecule has 3 rings (SSSR count). The minimum Gasteiger partial charge on any atom is -0.480 e. The highest BCUT2D eigenvalue weighted by Gasteiger charge is 2.36. The number of anilines is 1. The number of hydrogen-bond acceptors (Lipinski definition) is 7. The summed E-state index contributed by atoms with van der Waals surface area (Å²) in [6.07, 6.45) is 1.50. The van der Waals surface area contributed by atoms with E-state index in [2.05, 4.69) is 41.9 Å². The van der Waals surface area contributed by atoms with Crippen molar-refractivity contribution < 1.29 is 33.0 Å². The van der Waals surface area contributed by atoms with E-state index >= 15 is 0 Å². The number of halogens is 3. The van der Waals surface area contributed by atoms with Crippen molar-refractivity contribution in [3.05, 3.63) is 61.6 Å². The van der Waals surface area contributed by atoms with Gasteiger partial charge in [0.05, 0.1) is 21.0 Å². The average Bonchev–Trinajstić information content (AvgIpc) is 3.00. The summed E-state index contributed by atoms with van der Waals surface area (Å²) < 4.78 is 24.2. The number of hydrogen-bond donors (Lipinski definition) is 1. The molecule has 0 aliphatic carbocycles. The third kappa shape index (κ3) is 6.42. The molecule has 1 fully saturated rings. The van der Waals surface area contributed by atoms with Crippen LogP contribution in [-0.2, 0) is 19.1 Å². The number of methoxy groups -OCH3 is 1. The monoisotopic (exact) mass is 600 g/mol. The van der Waals surface area contributed by atoms with Crippen LogP contribution in [0.4, 0.5) is 14.9 Å². The van der Waals surface area contributed by atoms with Crippen LogP contribution < -0.4 is 10.1 Å². The minimum absolute atomic E-state index is 0.126. The fourth-order valence-electron chi connectivity index (χ4n) is 2.69. The standard InChI is InChI=1S/C21H15Br2FN2O6S/c1-31-18(28)10-32-19-14(22)5-11(6-15(19)23)7-16-20(29)26(21(30)33-16)9-17(27)25-13-4-2-3-12(24)8-13/h2-8H,9-10H2,1H3,(H,25,27)/b16-7+. The number of benzene rings is 2. The predicted molar refractivity (Wildman–Crippen MR) is 127 cm³/mol. The summed E-state index contributed by atoms with van der Waals surface area (Å²) in [5, 5.41) is 1.85. The molecule has 3 amide bonds. The zero-order chi connectivity index (χ0) is 24.1. The second-order valence-electron chi connectivity index (χ2n) is 6.50. The van der Waals surface area contributed by atoms with Crippen molar-refractivity contribution in [2.24, 2.45) is 0 Å². The molecule has 1 aliphatic rings. The Labute approximate surface area is 208 Å². The molecule has 0 saturated carbocycles. The first-order valence-corrected chi connectivity index (χ1v) is 11.6. The predicted octanol–water partition coefficient (Wildman–Crippen LogP) is 4.58. The van der Waals surface area contributed by atoms with Gasteiger partial charge in [-0.25, -0.2) is 9.18 Å². The number of carbonyl (C=O) groups is 4. The Balaban J connectivity index is 1.71. The van der Waals surface area contributed by atoms with Gasteiger partial charge in [0, 0.05) is 5.69 Å². The van der Waals surface area contributed by atoms with Gasteiger partial charge in [0.2, 0.25) is 5.91 Å². The summed E-state index contributed by atoms with van der Waals surface area (Å²) in [7, 11) is 1.25. The van der Waals surface area contributed by atoms with Crippen LogP contribution in [0.2, 0.25) is 0 Å². The van der Waals surface area contributed by atoms with Crippen LogP contribution >= 0.6 is 43.6 Å². The van der Waals surface area contributed by atoms with Gasteiger partial charge in [-0.2, -0.15) is 0 Å². The first kappa shape index (κ1) is 24.9.